The van der Waals surface area contributed by atoms with Gasteiger partial charge in [0.15, 0.2) is 0 Å². The smallest absolute Gasteiger partial charge is 0.0661 e. The number of nitrogens with zero attached hydrogens (tertiary/aromatic N) is 3. The van der Waals surface area contributed by atoms with Crippen molar-refractivity contribution >= 4 is 12.6 Å². The maximum Gasteiger partial charge on any atom is 0.0661 e. The van der Waals surface area contributed by atoms with Crippen molar-refractivity contribution in [3.8, 4) is 0 Å². The van der Waals surface area contributed by atoms with Gasteiger partial charge in [0.25, 0.3) is 0 Å². The molecule has 1 aromatic heterocycles. The summed E-state index contributed by atoms with van der Waals surface area (Å²) < 4.78 is 0. The van der Waals surface area contributed by atoms with Gasteiger partial charge >= 0.3 is 0 Å². The standard InChI is InChI=1S/C18H31N3S/c1-16(2,3)21-12-15(14-10-8-9-11-19-14)20(18(6,7)22)13-17(21,4)5/h8-11,15,22H,12-13H2,1-7H3. The summed E-state index contributed by atoms with van der Waals surface area (Å²) in [6.07, 6.45) is 1.89. The molecule has 0 saturated carbocycles. The van der Waals surface area contributed by atoms with Gasteiger partial charge in [-0.25, -0.2) is 0 Å². The van der Waals surface area contributed by atoms with E-state index in [0.717, 1.165) is 18.8 Å². The molecule has 1 aromatic rings. The van der Waals surface area contributed by atoms with Crippen LogP contribution < -0.4 is 0 Å². The van der Waals surface area contributed by atoms with E-state index in [1.54, 1.807) is 0 Å². The molecule has 2 rings (SSSR count). The van der Waals surface area contributed by atoms with Crippen LogP contribution in [0.3, 0.4) is 0 Å². The molecule has 0 amide bonds. The molecule has 4 heteroatoms. The first-order valence-corrected chi connectivity index (χ1v) is 8.55. The van der Waals surface area contributed by atoms with Crippen LogP contribution in [-0.4, -0.2) is 43.8 Å². The lowest BCUT2D eigenvalue weighted by molar-refractivity contribution is -0.0836. The summed E-state index contributed by atoms with van der Waals surface area (Å²) in [4.78, 5) is 9.54. The number of thiol groups is 1. The summed E-state index contributed by atoms with van der Waals surface area (Å²) in [6.45, 7) is 17.9. The van der Waals surface area contributed by atoms with E-state index in [0.29, 0.717) is 0 Å². The molecule has 1 aliphatic rings. The summed E-state index contributed by atoms with van der Waals surface area (Å²) in [5.74, 6) is 0. The molecule has 1 unspecified atom stereocenters. The van der Waals surface area contributed by atoms with Crippen LogP contribution in [-0.2, 0) is 0 Å². The van der Waals surface area contributed by atoms with Gasteiger partial charge in [-0.05, 0) is 60.6 Å². The monoisotopic (exact) mass is 321 g/mol. The normalized spacial score (nSPS) is 24.5. The predicted octanol–water partition coefficient (Wildman–Crippen LogP) is 3.98. The fraction of sp³-hybridized carbons (Fsp3) is 0.722. The average Bonchev–Trinajstić information content (AvgIpc) is 2.36. The zero-order valence-electron chi connectivity index (χ0n) is 15.1. The Balaban J connectivity index is 2.43. The number of piperazine rings is 1. The van der Waals surface area contributed by atoms with Crippen molar-refractivity contribution in [3.63, 3.8) is 0 Å². The van der Waals surface area contributed by atoms with Gasteiger partial charge in [-0.1, -0.05) is 6.07 Å². The van der Waals surface area contributed by atoms with Gasteiger partial charge < -0.3 is 0 Å². The summed E-state index contributed by atoms with van der Waals surface area (Å²) in [6, 6.07) is 6.46. The molecule has 0 N–H and O–H groups in total. The molecule has 1 aliphatic heterocycles. The van der Waals surface area contributed by atoms with Gasteiger partial charge in [0.1, 0.15) is 0 Å². The minimum atomic E-state index is -0.177. The quantitative estimate of drug-likeness (QED) is 0.832. The SMILES string of the molecule is CC(C)(C)N1CC(c2ccccn2)N(C(C)(C)S)CC1(C)C. The Morgan fingerprint density at radius 3 is 2.27 bits per heavy atom. The number of hydrogen-bond acceptors (Lipinski definition) is 4. The van der Waals surface area contributed by atoms with Gasteiger partial charge in [-0.3, -0.25) is 14.8 Å². The number of pyridine rings is 1. The Hall–Kier alpha value is -0.580. The van der Waals surface area contributed by atoms with E-state index < -0.39 is 0 Å². The van der Waals surface area contributed by atoms with E-state index in [2.05, 4.69) is 75.4 Å². The minimum absolute atomic E-state index is 0.101. The predicted molar refractivity (Wildman–Crippen MR) is 97.3 cm³/mol. The van der Waals surface area contributed by atoms with Gasteiger partial charge in [-0.15, -0.1) is 0 Å². The lowest BCUT2D eigenvalue weighted by Gasteiger charge is -2.58. The Kier molecular flexibility index (Phi) is 4.69. The Morgan fingerprint density at radius 2 is 1.82 bits per heavy atom. The van der Waals surface area contributed by atoms with Crippen molar-refractivity contribution in [3.05, 3.63) is 30.1 Å². The first-order chi connectivity index (χ1) is 9.93. The third kappa shape index (κ3) is 3.66. The maximum atomic E-state index is 4.87. The second-order valence-electron chi connectivity index (χ2n) is 8.49. The number of rotatable bonds is 2. The van der Waals surface area contributed by atoms with Crippen molar-refractivity contribution in [2.24, 2.45) is 0 Å². The summed E-state index contributed by atoms with van der Waals surface area (Å²) in [7, 11) is 0. The molecule has 3 nitrogen and oxygen atoms in total. The van der Waals surface area contributed by atoms with E-state index in [1.807, 2.05) is 12.3 Å². The molecule has 124 valence electrons. The fourth-order valence-corrected chi connectivity index (χ4v) is 3.92. The van der Waals surface area contributed by atoms with Crippen LogP contribution in [0.15, 0.2) is 24.4 Å². The maximum absolute atomic E-state index is 4.87. The summed E-state index contributed by atoms with van der Waals surface area (Å²) >= 11 is 4.87. The van der Waals surface area contributed by atoms with Crippen LogP contribution in [0.4, 0.5) is 0 Å². The Morgan fingerprint density at radius 1 is 1.18 bits per heavy atom. The van der Waals surface area contributed by atoms with Crippen molar-refractivity contribution in [1.82, 2.24) is 14.8 Å². The van der Waals surface area contributed by atoms with Crippen molar-refractivity contribution < 1.29 is 0 Å². The number of aromatic nitrogens is 1. The summed E-state index contributed by atoms with van der Waals surface area (Å²) in [5.41, 5.74) is 1.36. The van der Waals surface area contributed by atoms with E-state index in [-0.39, 0.29) is 22.0 Å². The van der Waals surface area contributed by atoms with Crippen LogP contribution in [0.5, 0.6) is 0 Å². The molecule has 22 heavy (non-hydrogen) atoms. The highest BCUT2D eigenvalue weighted by Gasteiger charge is 2.47. The Labute approximate surface area is 141 Å². The first-order valence-electron chi connectivity index (χ1n) is 8.11. The second-order valence-corrected chi connectivity index (χ2v) is 9.58. The molecule has 2 heterocycles. The van der Waals surface area contributed by atoms with Crippen LogP contribution in [0.25, 0.3) is 0 Å². The number of hydrogen-bond donors (Lipinski definition) is 1. The third-order valence-electron chi connectivity index (χ3n) is 4.56. The zero-order chi connectivity index (χ0) is 16.8. The van der Waals surface area contributed by atoms with Crippen molar-refractivity contribution in [2.45, 2.75) is 70.5 Å². The minimum Gasteiger partial charge on any atom is -0.290 e. The van der Waals surface area contributed by atoms with E-state index in [1.165, 1.54) is 0 Å². The molecule has 0 bridgehead atoms. The third-order valence-corrected chi connectivity index (χ3v) is 4.82. The lowest BCUT2D eigenvalue weighted by Crippen LogP contribution is -2.67. The van der Waals surface area contributed by atoms with Crippen molar-refractivity contribution in [2.75, 3.05) is 13.1 Å². The molecule has 0 radical (unpaired) electrons. The van der Waals surface area contributed by atoms with E-state index in [4.69, 9.17) is 12.6 Å². The van der Waals surface area contributed by atoms with Gasteiger partial charge in [0.05, 0.1) is 16.6 Å². The molecular formula is C18H31N3S. The molecule has 0 spiro atoms. The molecule has 1 fully saturated rings. The average molecular weight is 322 g/mol. The fourth-order valence-electron chi connectivity index (χ4n) is 3.71. The van der Waals surface area contributed by atoms with Crippen molar-refractivity contribution in [1.29, 1.82) is 0 Å². The highest BCUT2D eigenvalue weighted by atomic mass is 32.1. The largest absolute Gasteiger partial charge is 0.290 e. The molecule has 0 aromatic carbocycles. The molecular weight excluding hydrogens is 290 g/mol. The highest BCUT2D eigenvalue weighted by Crippen LogP contribution is 2.41. The summed E-state index contributed by atoms with van der Waals surface area (Å²) in [5, 5.41) is 0. The van der Waals surface area contributed by atoms with Crippen LogP contribution in [0, 0.1) is 0 Å². The molecule has 0 aliphatic carbocycles. The second kappa shape index (κ2) is 5.81. The first kappa shape index (κ1) is 17.8. The Bertz CT molecular complexity index is 499. The van der Waals surface area contributed by atoms with Gasteiger partial charge in [-0.2, -0.15) is 12.6 Å². The van der Waals surface area contributed by atoms with Gasteiger partial charge in [0.2, 0.25) is 0 Å². The lowest BCUT2D eigenvalue weighted by atomic mass is 9.87. The van der Waals surface area contributed by atoms with Crippen LogP contribution in [0.2, 0.25) is 0 Å². The highest BCUT2D eigenvalue weighted by molar-refractivity contribution is 7.81. The topological polar surface area (TPSA) is 19.4 Å². The zero-order valence-corrected chi connectivity index (χ0v) is 16.0. The molecule has 1 saturated heterocycles. The van der Waals surface area contributed by atoms with E-state index >= 15 is 0 Å². The molecule has 1 atom stereocenters. The van der Waals surface area contributed by atoms with Crippen LogP contribution in [0.1, 0.15) is 60.2 Å². The van der Waals surface area contributed by atoms with E-state index in [9.17, 15) is 0 Å². The van der Waals surface area contributed by atoms with Gasteiger partial charge in [0, 0.05) is 30.4 Å². The van der Waals surface area contributed by atoms with Crippen LogP contribution >= 0.6 is 12.6 Å².